The zero-order valence-electron chi connectivity index (χ0n) is 23.2. The fourth-order valence-electron chi connectivity index (χ4n) is 3.91. The van der Waals surface area contributed by atoms with Crippen molar-refractivity contribution in [3.05, 3.63) is 35.9 Å². The van der Waals surface area contributed by atoms with E-state index in [1.54, 1.807) is 24.3 Å². The third kappa shape index (κ3) is 13.8. The van der Waals surface area contributed by atoms with Gasteiger partial charge in [-0.2, -0.15) is 0 Å². The maximum Gasteiger partial charge on any atom is 0.251 e. The number of hydrogen-bond acceptors (Lipinski definition) is 4. The van der Waals surface area contributed by atoms with E-state index in [1.165, 1.54) is 0 Å². The van der Waals surface area contributed by atoms with Gasteiger partial charge < -0.3 is 21.3 Å². The predicted octanol–water partition coefficient (Wildman–Crippen LogP) is 4.10. The van der Waals surface area contributed by atoms with Gasteiger partial charge >= 0.3 is 0 Å². The third-order valence-electron chi connectivity index (χ3n) is 6.25. The van der Waals surface area contributed by atoms with Crippen LogP contribution in [0.5, 0.6) is 0 Å². The number of carbonyl (C=O) groups excluding carboxylic acids is 4. The van der Waals surface area contributed by atoms with Crippen molar-refractivity contribution in [1.29, 1.82) is 0 Å². The fraction of sp³-hybridized carbons (Fsp3) is 0.655. The number of unbranched alkanes of at least 4 members (excludes halogenated alkanes) is 6. The molecule has 0 saturated carbocycles. The molecule has 4 N–H and O–H groups in total. The van der Waals surface area contributed by atoms with E-state index >= 15 is 0 Å². The highest BCUT2D eigenvalue weighted by Crippen LogP contribution is 2.08. The van der Waals surface area contributed by atoms with Crippen LogP contribution in [0.4, 0.5) is 0 Å². The van der Waals surface area contributed by atoms with Crippen LogP contribution < -0.4 is 21.3 Å². The fourth-order valence-corrected chi connectivity index (χ4v) is 3.91. The first-order valence-corrected chi connectivity index (χ1v) is 14.0. The van der Waals surface area contributed by atoms with Crippen LogP contribution in [0.25, 0.3) is 0 Å². The van der Waals surface area contributed by atoms with Crippen LogP contribution in [-0.4, -0.2) is 48.8 Å². The molecule has 208 valence electrons. The normalized spacial score (nSPS) is 12.5. The third-order valence-corrected chi connectivity index (χ3v) is 6.25. The Morgan fingerprint density at radius 3 is 1.89 bits per heavy atom. The van der Waals surface area contributed by atoms with Gasteiger partial charge in [0.15, 0.2) is 0 Å². The molecule has 37 heavy (non-hydrogen) atoms. The molecule has 8 heteroatoms. The van der Waals surface area contributed by atoms with Crippen molar-refractivity contribution in [2.75, 3.05) is 13.1 Å². The van der Waals surface area contributed by atoms with Crippen molar-refractivity contribution >= 4 is 23.6 Å². The monoisotopic (exact) mass is 516 g/mol. The maximum absolute atomic E-state index is 13.2. The standard InChI is InChI=1S/C29H48N4O4/c1-5-7-9-14-20-30-25(34)19-18-24(28(36)31-21-15-10-8-6-2)32-29(37)26(22(3)4)33-27(35)23-16-12-11-13-17-23/h11-13,16-17,22,24,26H,5-10,14-15,18-21H2,1-4H3,(H,30,34)(H,31,36)(H,32,37)(H,33,35)/t24-,26-/m0/s1. The Kier molecular flexibility index (Phi) is 16.7. The molecule has 0 radical (unpaired) electrons. The lowest BCUT2D eigenvalue weighted by Crippen LogP contribution is -2.55. The molecule has 0 aromatic heterocycles. The van der Waals surface area contributed by atoms with E-state index in [0.717, 1.165) is 51.4 Å². The highest BCUT2D eigenvalue weighted by molar-refractivity contribution is 5.98. The summed E-state index contributed by atoms with van der Waals surface area (Å²) in [5.41, 5.74) is 0.456. The van der Waals surface area contributed by atoms with Crippen molar-refractivity contribution in [2.24, 2.45) is 5.92 Å². The predicted molar refractivity (Wildman–Crippen MR) is 148 cm³/mol. The molecule has 1 rings (SSSR count). The van der Waals surface area contributed by atoms with Gasteiger partial charge in [0.2, 0.25) is 17.7 Å². The van der Waals surface area contributed by atoms with Crippen LogP contribution in [0.3, 0.4) is 0 Å². The van der Waals surface area contributed by atoms with E-state index in [4.69, 9.17) is 0 Å². The molecule has 4 amide bonds. The zero-order valence-corrected chi connectivity index (χ0v) is 23.2. The number of nitrogens with one attached hydrogen (secondary N) is 4. The molecule has 0 unspecified atom stereocenters. The number of amides is 4. The van der Waals surface area contributed by atoms with E-state index in [9.17, 15) is 19.2 Å². The molecule has 0 fully saturated rings. The number of hydrogen-bond donors (Lipinski definition) is 4. The summed E-state index contributed by atoms with van der Waals surface area (Å²) in [5, 5.41) is 11.4. The molecule has 1 aromatic carbocycles. The van der Waals surface area contributed by atoms with Gasteiger partial charge in [-0.1, -0.05) is 84.4 Å². The van der Waals surface area contributed by atoms with Crippen LogP contribution in [0.2, 0.25) is 0 Å². The van der Waals surface area contributed by atoms with Gasteiger partial charge in [0.25, 0.3) is 5.91 Å². The largest absolute Gasteiger partial charge is 0.356 e. The number of carbonyl (C=O) groups is 4. The van der Waals surface area contributed by atoms with Gasteiger partial charge in [0.1, 0.15) is 12.1 Å². The molecular weight excluding hydrogens is 468 g/mol. The lowest BCUT2D eigenvalue weighted by atomic mass is 10.0. The van der Waals surface area contributed by atoms with E-state index < -0.39 is 18.0 Å². The van der Waals surface area contributed by atoms with E-state index in [-0.39, 0.29) is 36.5 Å². The van der Waals surface area contributed by atoms with Crippen molar-refractivity contribution < 1.29 is 19.2 Å². The lowest BCUT2D eigenvalue weighted by Gasteiger charge is -2.25. The van der Waals surface area contributed by atoms with Crippen molar-refractivity contribution in [2.45, 2.75) is 104 Å². The summed E-state index contributed by atoms with van der Waals surface area (Å²) in [6.07, 6.45) is 8.67. The Balaban J connectivity index is 2.77. The van der Waals surface area contributed by atoms with Crippen LogP contribution in [0, 0.1) is 5.92 Å². The van der Waals surface area contributed by atoms with Crippen LogP contribution in [0.1, 0.15) is 102 Å². The Morgan fingerprint density at radius 1 is 0.730 bits per heavy atom. The molecule has 0 spiro atoms. The first-order valence-electron chi connectivity index (χ1n) is 14.0. The molecular formula is C29H48N4O4. The summed E-state index contributed by atoms with van der Waals surface area (Å²) in [7, 11) is 0. The number of benzene rings is 1. The van der Waals surface area contributed by atoms with Gasteiger partial charge in [-0.05, 0) is 37.3 Å². The molecule has 0 aliphatic carbocycles. The van der Waals surface area contributed by atoms with Crippen molar-refractivity contribution in [3.8, 4) is 0 Å². The van der Waals surface area contributed by atoms with Crippen LogP contribution >= 0.6 is 0 Å². The van der Waals surface area contributed by atoms with E-state index in [1.807, 2.05) is 19.9 Å². The summed E-state index contributed by atoms with van der Waals surface area (Å²) >= 11 is 0. The average Bonchev–Trinajstić information content (AvgIpc) is 2.89. The average molecular weight is 517 g/mol. The zero-order chi connectivity index (χ0) is 27.5. The van der Waals surface area contributed by atoms with Gasteiger partial charge in [-0.15, -0.1) is 0 Å². The Morgan fingerprint density at radius 2 is 1.32 bits per heavy atom. The molecule has 8 nitrogen and oxygen atoms in total. The Labute approximate surface area is 223 Å². The van der Waals surface area contributed by atoms with Crippen molar-refractivity contribution in [1.82, 2.24) is 21.3 Å². The minimum absolute atomic E-state index is 0.130. The van der Waals surface area contributed by atoms with Gasteiger partial charge in [-0.25, -0.2) is 0 Å². The smallest absolute Gasteiger partial charge is 0.251 e. The van der Waals surface area contributed by atoms with E-state index in [0.29, 0.717) is 18.7 Å². The second-order valence-electron chi connectivity index (χ2n) is 9.92. The minimum Gasteiger partial charge on any atom is -0.356 e. The maximum atomic E-state index is 13.2. The molecule has 0 saturated heterocycles. The first kappa shape index (κ1) is 32.1. The van der Waals surface area contributed by atoms with Crippen molar-refractivity contribution in [3.63, 3.8) is 0 Å². The molecule has 0 aliphatic rings. The first-order chi connectivity index (χ1) is 17.8. The minimum atomic E-state index is -0.862. The number of rotatable bonds is 19. The Bertz CT molecular complexity index is 813. The molecule has 0 heterocycles. The summed E-state index contributed by atoms with van der Waals surface area (Å²) in [6, 6.07) is 7.01. The van der Waals surface area contributed by atoms with Crippen LogP contribution in [-0.2, 0) is 14.4 Å². The highest BCUT2D eigenvalue weighted by atomic mass is 16.2. The second-order valence-corrected chi connectivity index (χ2v) is 9.92. The second kappa shape index (κ2) is 19.2. The van der Waals surface area contributed by atoms with E-state index in [2.05, 4.69) is 35.1 Å². The topological polar surface area (TPSA) is 116 Å². The molecule has 0 bridgehead atoms. The molecule has 1 aromatic rings. The SMILES string of the molecule is CCCCCCNC(=O)CC[C@H](NC(=O)[C@@H](NC(=O)c1ccccc1)C(C)C)C(=O)NCCCCCC. The summed E-state index contributed by atoms with van der Waals surface area (Å²) in [4.78, 5) is 51.2. The highest BCUT2D eigenvalue weighted by Gasteiger charge is 2.29. The summed E-state index contributed by atoms with van der Waals surface area (Å²) in [5.74, 6) is -1.43. The van der Waals surface area contributed by atoms with Gasteiger partial charge in [0.05, 0.1) is 0 Å². The Hall–Kier alpha value is -2.90. The summed E-state index contributed by atoms with van der Waals surface area (Å²) < 4.78 is 0. The quantitative estimate of drug-likeness (QED) is 0.207. The van der Waals surface area contributed by atoms with Crippen LogP contribution in [0.15, 0.2) is 30.3 Å². The molecule has 0 aliphatic heterocycles. The van der Waals surface area contributed by atoms with Gasteiger partial charge in [-0.3, -0.25) is 19.2 Å². The lowest BCUT2D eigenvalue weighted by molar-refractivity contribution is -0.131. The summed E-state index contributed by atoms with van der Waals surface area (Å²) in [6.45, 7) is 9.07. The molecule has 2 atom stereocenters. The van der Waals surface area contributed by atoms with Gasteiger partial charge in [0, 0.05) is 25.1 Å².